The molecule has 0 saturated heterocycles. The number of rotatable bonds is 5. The Morgan fingerprint density at radius 2 is 1.91 bits per heavy atom. The molecular formula is C24H21N3O4S. The zero-order chi connectivity index (χ0) is 22.2. The lowest BCUT2D eigenvalue weighted by Gasteiger charge is -2.19. The number of para-hydroxylation sites is 1. The largest absolute Gasteiger partial charge is 0.497 e. The highest BCUT2D eigenvalue weighted by molar-refractivity contribution is 7.17. The number of carbonyl (C=O) groups excluding carboxylic acids is 1. The fraction of sp³-hybridized carbons (Fsp3) is 0.208. The second kappa shape index (κ2) is 8.12. The summed E-state index contributed by atoms with van der Waals surface area (Å²) >= 11 is 1.27. The van der Waals surface area contributed by atoms with Crippen LogP contribution < -0.4 is 20.9 Å². The lowest BCUT2D eigenvalue weighted by Crippen LogP contribution is -2.43. The molecule has 0 atom stereocenters. The van der Waals surface area contributed by atoms with Crippen LogP contribution in [0.2, 0.25) is 0 Å². The lowest BCUT2D eigenvalue weighted by atomic mass is 10.2. The smallest absolute Gasteiger partial charge is 0.332 e. The standard InChI is InChI=1S/C24H21N3O4S/c1-31-18-7-4-5-16(13-18)14-27-23(29)22-20(10-12-32-22)26(24(27)30)15-21(28)25-11-9-17-6-2-3-8-19(17)25/h2-8,10,12-13H,9,11,14-15H2,1H3. The second-order valence-corrected chi connectivity index (χ2v) is 8.59. The zero-order valence-corrected chi connectivity index (χ0v) is 18.3. The van der Waals surface area contributed by atoms with Crippen molar-refractivity contribution in [3.05, 3.63) is 91.9 Å². The first-order valence-electron chi connectivity index (χ1n) is 10.3. The molecule has 2 aromatic heterocycles. The van der Waals surface area contributed by atoms with E-state index in [0.717, 1.165) is 23.2 Å². The molecule has 5 rings (SSSR count). The van der Waals surface area contributed by atoms with Crippen molar-refractivity contribution in [3.8, 4) is 5.75 Å². The maximum absolute atomic E-state index is 13.4. The molecule has 0 bridgehead atoms. The Hall–Kier alpha value is -3.65. The fourth-order valence-corrected chi connectivity index (χ4v) is 5.04. The average molecular weight is 448 g/mol. The first kappa shape index (κ1) is 20.3. The van der Waals surface area contributed by atoms with Crippen molar-refractivity contribution < 1.29 is 9.53 Å². The molecular weight excluding hydrogens is 426 g/mol. The van der Waals surface area contributed by atoms with Crippen molar-refractivity contribution in [3.63, 3.8) is 0 Å². The van der Waals surface area contributed by atoms with Crippen molar-refractivity contribution in [1.82, 2.24) is 9.13 Å². The number of fused-ring (bicyclic) bond motifs is 2. The van der Waals surface area contributed by atoms with Crippen LogP contribution in [0.1, 0.15) is 11.1 Å². The fourth-order valence-electron chi connectivity index (χ4n) is 4.20. The third kappa shape index (κ3) is 3.42. The number of aromatic nitrogens is 2. The molecule has 8 heteroatoms. The van der Waals surface area contributed by atoms with Crippen LogP contribution in [-0.4, -0.2) is 28.7 Å². The van der Waals surface area contributed by atoms with Crippen LogP contribution in [0.25, 0.3) is 10.2 Å². The first-order chi connectivity index (χ1) is 15.6. The molecule has 7 nitrogen and oxygen atoms in total. The van der Waals surface area contributed by atoms with E-state index in [9.17, 15) is 14.4 Å². The maximum Gasteiger partial charge on any atom is 0.332 e. The van der Waals surface area contributed by atoms with Gasteiger partial charge in [-0.1, -0.05) is 30.3 Å². The SMILES string of the molecule is COc1cccc(Cn2c(=O)c3sccc3n(CC(=O)N3CCc4ccccc43)c2=O)c1. The average Bonchev–Trinajstić information content (AvgIpc) is 3.47. The van der Waals surface area contributed by atoms with Gasteiger partial charge in [0.1, 0.15) is 17.0 Å². The van der Waals surface area contributed by atoms with Gasteiger partial charge in [-0.05, 0) is 47.2 Å². The van der Waals surface area contributed by atoms with Crippen molar-refractivity contribution >= 4 is 33.1 Å². The summed E-state index contributed by atoms with van der Waals surface area (Å²) in [5.41, 5.74) is 2.43. The van der Waals surface area contributed by atoms with Crippen LogP contribution in [-0.2, 0) is 24.3 Å². The third-order valence-electron chi connectivity index (χ3n) is 5.79. The minimum atomic E-state index is -0.496. The van der Waals surface area contributed by atoms with E-state index in [2.05, 4.69) is 0 Å². The van der Waals surface area contributed by atoms with Gasteiger partial charge in [0.2, 0.25) is 5.91 Å². The Bertz CT molecular complexity index is 1450. The molecule has 0 fully saturated rings. The van der Waals surface area contributed by atoms with Crippen LogP contribution in [0.15, 0.2) is 69.6 Å². The summed E-state index contributed by atoms with van der Waals surface area (Å²) in [6.45, 7) is 0.561. The zero-order valence-electron chi connectivity index (χ0n) is 17.5. The highest BCUT2D eigenvalue weighted by Crippen LogP contribution is 2.28. The van der Waals surface area contributed by atoms with Gasteiger partial charge in [-0.15, -0.1) is 11.3 Å². The Morgan fingerprint density at radius 3 is 2.75 bits per heavy atom. The normalized spacial score (nSPS) is 12.8. The van der Waals surface area contributed by atoms with Gasteiger partial charge >= 0.3 is 5.69 Å². The summed E-state index contributed by atoms with van der Waals surface area (Å²) in [5, 5.41) is 1.77. The minimum Gasteiger partial charge on any atom is -0.497 e. The molecule has 0 N–H and O–H groups in total. The van der Waals surface area contributed by atoms with Gasteiger partial charge in [-0.2, -0.15) is 0 Å². The highest BCUT2D eigenvalue weighted by Gasteiger charge is 2.26. The molecule has 0 radical (unpaired) electrons. The van der Waals surface area contributed by atoms with Gasteiger partial charge in [0, 0.05) is 12.2 Å². The predicted molar refractivity (Wildman–Crippen MR) is 125 cm³/mol. The number of methoxy groups -OCH3 is 1. The van der Waals surface area contributed by atoms with Gasteiger partial charge in [0.15, 0.2) is 0 Å². The number of ether oxygens (including phenoxy) is 1. The van der Waals surface area contributed by atoms with E-state index in [0.29, 0.717) is 22.5 Å². The second-order valence-electron chi connectivity index (χ2n) is 7.67. The monoisotopic (exact) mass is 447 g/mol. The lowest BCUT2D eigenvalue weighted by molar-refractivity contribution is -0.119. The summed E-state index contributed by atoms with van der Waals surface area (Å²) in [5.74, 6) is 0.479. The van der Waals surface area contributed by atoms with E-state index in [4.69, 9.17) is 4.74 Å². The Labute approximate surface area is 187 Å². The van der Waals surface area contributed by atoms with Crippen molar-refractivity contribution in [2.45, 2.75) is 19.5 Å². The van der Waals surface area contributed by atoms with Gasteiger partial charge in [0.05, 0.1) is 19.2 Å². The van der Waals surface area contributed by atoms with Gasteiger partial charge < -0.3 is 9.64 Å². The first-order valence-corrected chi connectivity index (χ1v) is 11.2. The summed E-state index contributed by atoms with van der Waals surface area (Å²) in [7, 11) is 1.57. The molecule has 4 aromatic rings. The molecule has 1 aliphatic rings. The number of benzene rings is 2. The van der Waals surface area contributed by atoms with E-state index in [1.54, 1.807) is 35.6 Å². The van der Waals surface area contributed by atoms with Crippen LogP contribution >= 0.6 is 11.3 Å². The molecule has 2 aromatic carbocycles. The molecule has 1 amide bonds. The number of hydrogen-bond donors (Lipinski definition) is 0. The van der Waals surface area contributed by atoms with Crippen LogP contribution in [0.5, 0.6) is 5.75 Å². The number of hydrogen-bond acceptors (Lipinski definition) is 5. The summed E-state index contributed by atoms with van der Waals surface area (Å²) in [6.07, 6.45) is 0.792. The van der Waals surface area contributed by atoms with Gasteiger partial charge in [0.25, 0.3) is 5.56 Å². The molecule has 162 valence electrons. The molecule has 0 aliphatic carbocycles. The van der Waals surface area contributed by atoms with E-state index in [1.165, 1.54) is 20.5 Å². The van der Waals surface area contributed by atoms with Gasteiger partial charge in [-0.25, -0.2) is 4.79 Å². The number of nitrogens with zero attached hydrogens (tertiary/aromatic N) is 3. The molecule has 3 heterocycles. The van der Waals surface area contributed by atoms with Crippen molar-refractivity contribution in [2.24, 2.45) is 0 Å². The molecule has 0 unspecified atom stereocenters. The van der Waals surface area contributed by atoms with Crippen molar-refractivity contribution in [2.75, 3.05) is 18.6 Å². The molecule has 0 spiro atoms. The Balaban J connectivity index is 1.55. The number of amides is 1. The summed E-state index contributed by atoms with van der Waals surface area (Å²) in [4.78, 5) is 41.4. The van der Waals surface area contributed by atoms with Gasteiger partial charge in [-0.3, -0.25) is 18.7 Å². The van der Waals surface area contributed by atoms with E-state index < -0.39 is 5.69 Å². The Morgan fingerprint density at radius 1 is 1.06 bits per heavy atom. The van der Waals surface area contributed by atoms with Crippen LogP contribution in [0.4, 0.5) is 5.69 Å². The molecule has 0 saturated carbocycles. The van der Waals surface area contributed by atoms with Crippen molar-refractivity contribution in [1.29, 1.82) is 0 Å². The minimum absolute atomic E-state index is 0.101. The topological polar surface area (TPSA) is 73.5 Å². The molecule has 1 aliphatic heterocycles. The van der Waals surface area contributed by atoms with E-state index in [-0.39, 0.29) is 24.6 Å². The predicted octanol–water partition coefficient (Wildman–Crippen LogP) is 2.87. The summed E-state index contributed by atoms with van der Waals surface area (Å²) in [6, 6.07) is 16.8. The van der Waals surface area contributed by atoms with E-state index in [1.807, 2.05) is 36.4 Å². The third-order valence-corrected chi connectivity index (χ3v) is 6.68. The molecule has 32 heavy (non-hydrogen) atoms. The quantitative estimate of drug-likeness (QED) is 0.472. The maximum atomic E-state index is 13.4. The van der Waals surface area contributed by atoms with E-state index >= 15 is 0 Å². The Kier molecular flexibility index (Phi) is 5.14. The number of carbonyl (C=O) groups is 1. The number of thiophene rings is 1. The highest BCUT2D eigenvalue weighted by atomic mass is 32.1. The summed E-state index contributed by atoms with van der Waals surface area (Å²) < 4.78 is 8.32. The van der Waals surface area contributed by atoms with Crippen LogP contribution in [0, 0.1) is 0 Å². The number of anilines is 1. The van der Waals surface area contributed by atoms with Crippen LogP contribution in [0.3, 0.4) is 0 Å².